The molecular formula is C10H11NO3. The van der Waals surface area contributed by atoms with Crippen LogP contribution in [0, 0.1) is 0 Å². The number of carbonyl (C=O) groups excluding carboxylic acids is 1. The quantitative estimate of drug-likeness (QED) is 0.698. The summed E-state index contributed by atoms with van der Waals surface area (Å²) in [6.07, 6.45) is 0.683. The summed E-state index contributed by atoms with van der Waals surface area (Å²) in [5, 5.41) is 0. The summed E-state index contributed by atoms with van der Waals surface area (Å²) >= 11 is 0. The standard InChI is InChI=1S/C10H11NO3/c11-4-8-6-13-10-3-7(5-12)1-2-9(10)14-8/h1-3,5,8H,4,6,11H2. The summed E-state index contributed by atoms with van der Waals surface area (Å²) in [7, 11) is 0. The Labute approximate surface area is 81.6 Å². The van der Waals surface area contributed by atoms with Gasteiger partial charge in [0, 0.05) is 12.1 Å². The zero-order valence-corrected chi connectivity index (χ0v) is 7.60. The van der Waals surface area contributed by atoms with E-state index in [1.165, 1.54) is 0 Å². The van der Waals surface area contributed by atoms with E-state index in [0.29, 0.717) is 30.2 Å². The summed E-state index contributed by atoms with van der Waals surface area (Å²) in [5.74, 6) is 1.26. The summed E-state index contributed by atoms with van der Waals surface area (Å²) in [6.45, 7) is 0.862. The third-order valence-corrected chi connectivity index (χ3v) is 2.09. The second-order valence-corrected chi connectivity index (χ2v) is 3.11. The van der Waals surface area contributed by atoms with Crippen LogP contribution in [0.4, 0.5) is 0 Å². The Balaban J connectivity index is 2.27. The van der Waals surface area contributed by atoms with Crippen molar-refractivity contribution < 1.29 is 14.3 Å². The van der Waals surface area contributed by atoms with Gasteiger partial charge in [0.2, 0.25) is 0 Å². The highest BCUT2D eigenvalue weighted by atomic mass is 16.6. The summed E-state index contributed by atoms with van der Waals surface area (Å²) in [4.78, 5) is 10.5. The van der Waals surface area contributed by atoms with Gasteiger partial charge < -0.3 is 15.2 Å². The van der Waals surface area contributed by atoms with Crippen LogP contribution in [-0.2, 0) is 0 Å². The molecule has 74 valence electrons. The number of aldehydes is 1. The molecule has 1 aliphatic rings. The van der Waals surface area contributed by atoms with E-state index < -0.39 is 0 Å². The predicted molar refractivity (Wildman–Crippen MR) is 50.8 cm³/mol. The predicted octanol–water partition coefficient (Wildman–Crippen LogP) is 0.598. The molecule has 1 aromatic rings. The highest BCUT2D eigenvalue weighted by Crippen LogP contribution is 2.31. The lowest BCUT2D eigenvalue weighted by Crippen LogP contribution is -2.35. The minimum atomic E-state index is -0.0930. The van der Waals surface area contributed by atoms with Gasteiger partial charge in [-0.05, 0) is 18.2 Å². The molecule has 4 nitrogen and oxygen atoms in total. The molecule has 0 fully saturated rings. The zero-order chi connectivity index (χ0) is 9.97. The van der Waals surface area contributed by atoms with Crippen molar-refractivity contribution in [3.8, 4) is 11.5 Å². The van der Waals surface area contributed by atoms with Gasteiger partial charge in [-0.3, -0.25) is 4.79 Å². The molecule has 1 aliphatic heterocycles. The topological polar surface area (TPSA) is 61.5 Å². The van der Waals surface area contributed by atoms with Gasteiger partial charge in [0.25, 0.3) is 0 Å². The van der Waals surface area contributed by atoms with Crippen LogP contribution in [0.25, 0.3) is 0 Å². The van der Waals surface area contributed by atoms with Crippen LogP contribution in [-0.4, -0.2) is 25.5 Å². The Kier molecular flexibility index (Phi) is 2.37. The molecule has 1 aromatic carbocycles. The summed E-state index contributed by atoms with van der Waals surface area (Å²) in [6, 6.07) is 5.07. The highest BCUT2D eigenvalue weighted by Gasteiger charge is 2.19. The second-order valence-electron chi connectivity index (χ2n) is 3.11. The molecular weight excluding hydrogens is 182 g/mol. The van der Waals surface area contributed by atoms with Crippen molar-refractivity contribution in [1.82, 2.24) is 0 Å². The van der Waals surface area contributed by atoms with Gasteiger partial charge in [-0.1, -0.05) is 0 Å². The number of hydrogen-bond acceptors (Lipinski definition) is 4. The molecule has 0 aliphatic carbocycles. The third-order valence-electron chi connectivity index (χ3n) is 2.09. The molecule has 2 N–H and O–H groups in total. The van der Waals surface area contributed by atoms with Crippen molar-refractivity contribution in [2.45, 2.75) is 6.10 Å². The van der Waals surface area contributed by atoms with E-state index in [1.807, 2.05) is 0 Å². The Bertz CT molecular complexity index is 351. The van der Waals surface area contributed by atoms with E-state index in [9.17, 15) is 4.79 Å². The van der Waals surface area contributed by atoms with Gasteiger partial charge in [-0.15, -0.1) is 0 Å². The van der Waals surface area contributed by atoms with Crippen LogP contribution in [0.5, 0.6) is 11.5 Å². The molecule has 0 bridgehead atoms. The number of ether oxygens (including phenoxy) is 2. The van der Waals surface area contributed by atoms with Crippen molar-refractivity contribution in [3.63, 3.8) is 0 Å². The minimum absolute atomic E-state index is 0.0930. The number of fused-ring (bicyclic) bond motifs is 1. The normalized spacial score (nSPS) is 19.1. The molecule has 0 spiro atoms. The minimum Gasteiger partial charge on any atom is -0.486 e. The lowest BCUT2D eigenvalue weighted by molar-refractivity contribution is 0.0965. The smallest absolute Gasteiger partial charge is 0.162 e. The fraction of sp³-hybridized carbons (Fsp3) is 0.300. The van der Waals surface area contributed by atoms with Crippen LogP contribution in [0.15, 0.2) is 18.2 Å². The van der Waals surface area contributed by atoms with E-state index in [2.05, 4.69) is 0 Å². The van der Waals surface area contributed by atoms with E-state index in [-0.39, 0.29) is 6.10 Å². The number of carbonyl (C=O) groups is 1. The first-order valence-corrected chi connectivity index (χ1v) is 4.42. The lowest BCUT2D eigenvalue weighted by Gasteiger charge is -2.25. The van der Waals surface area contributed by atoms with Crippen molar-refractivity contribution >= 4 is 6.29 Å². The fourth-order valence-corrected chi connectivity index (χ4v) is 1.32. The Morgan fingerprint density at radius 1 is 1.50 bits per heavy atom. The molecule has 14 heavy (non-hydrogen) atoms. The maximum atomic E-state index is 10.5. The van der Waals surface area contributed by atoms with Crippen LogP contribution in [0.1, 0.15) is 10.4 Å². The molecule has 1 heterocycles. The first-order chi connectivity index (χ1) is 6.83. The second kappa shape index (κ2) is 3.67. The SMILES string of the molecule is NCC1COc2cc(C=O)ccc2O1. The summed E-state index contributed by atoms with van der Waals surface area (Å²) in [5.41, 5.74) is 6.04. The van der Waals surface area contributed by atoms with Crippen molar-refractivity contribution in [1.29, 1.82) is 0 Å². The number of nitrogens with two attached hydrogens (primary N) is 1. The van der Waals surface area contributed by atoms with Crippen molar-refractivity contribution in [2.75, 3.05) is 13.2 Å². The van der Waals surface area contributed by atoms with Crippen LogP contribution >= 0.6 is 0 Å². The molecule has 0 amide bonds. The number of benzene rings is 1. The van der Waals surface area contributed by atoms with Gasteiger partial charge >= 0.3 is 0 Å². The van der Waals surface area contributed by atoms with Gasteiger partial charge in [-0.25, -0.2) is 0 Å². The van der Waals surface area contributed by atoms with Crippen molar-refractivity contribution in [3.05, 3.63) is 23.8 Å². The van der Waals surface area contributed by atoms with E-state index in [1.54, 1.807) is 18.2 Å². The number of rotatable bonds is 2. The number of hydrogen-bond donors (Lipinski definition) is 1. The van der Waals surface area contributed by atoms with E-state index in [4.69, 9.17) is 15.2 Å². The molecule has 0 saturated carbocycles. The molecule has 1 atom stereocenters. The Morgan fingerprint density at radius 3 is 3.07 bits per heavy atom. The molecule has 4 heteroatoms. The molecule has 1 unspecified atom stereocenters. The van der Waals surface area contributed by atoms with Crippen LogP contribution in [0.3, 0.4) is 0 Å². The molecule has 0 radical (unpaired) electrons. The highest BCUT2D eigenvalue weighted by molar-refractivity contribution is 5.76. The first kappa shape index (κ1) is 9.02. The molecule has 0 saturated heterocycles. The Morgan fingerprint density at radius 2 is 2.36 bits per heavy atom. The fourth-order valence-electron chi connectivity index (χ4n) is 1.32. The van der Waals surface area contributed by atoms with E-state index >= 15 is 0 Å². The molecule has 0 aromatic heterocycles. The Hall–Kier alpha value is -1.55. The lowest BCUT2D eigenvalue weighted by atomic mass is 10.2. The average Bonchev–Trinajstić information content (AvgIpc) is 2.27. The monoisotopic (exact) mass is 193 g/mol. The van der Waals surface area contributed by atoms with Crippen LogP contribution < -0.4 is 15.2 Å². The zero-order valence-electron chi connectivity index (χ0n) is 7.60. The maximum Gasteiger partial charge on any atom is 0.162 e. The third kappa shape index (κ3) is 1.56. The van der Waals surface area contributed by atoms with Gasteiger partial charge in [0.1, 0.15) is 19.0 Å². The molecule has 2 rings (SSSR count). The summed E-state index contributed by atoms with van der Waals surface area (Å²) < 4.78 is 10.9. The van der Waals surface area contributed by atoms with Gasteiger partial charge in [-0.2, -0.15) is 0 Å². The average molecular weight is 193 g/mol. The van der Waals surface area contributed by atoms with Gasteiger partial charge in [0.15, 0.2) is 11.5 Å². The van der Waals surface area contributed by atoms with Crippen LogP contribution in [0.2, 0.25) is 0 Å². The van der Waals surface area contributed by atoms with Gasteiger partial charge in [0.05, 0.1) is 0 Å². The maximum absolute atomic E-state index is 10.5. The first-order valence-electron chi connectivity index (χ1n) is 4.42. The largest absolute Gasteiger partial charge is 0.486 e. The van der Waals surface area contributed by atoms with E-state index in [0.717, 1.165) is 6.29 Å². The van der Waals surface area contributed by atoms with Crippen molar-refractivity contribution in [2.24, 2.45) is 5.73 Å².